The number of cyclic esters (lactones) is 1. The molecule has 0 bridgehead atoms. The van der Waals surface area contributed by atoms with Crippen LogP contribution in [0.1, 0.15) is 37.8 Å². The maximum Gasteiger partial charge on any atom is 0.323 e. The Hall–Kier alpha value is -1.43. The van der Waals surface area contributed by atoms with Gasteiger partial charge in [0.1, 0.15) is 23.8 Å². The molecule has 3 atom stereocenters. The molecule has 6 heteroatoms. The second-order valence-electron chi connectivity index (χ2n) is 6.39. The van der Waals surface area contributed by atoms with Crippen molar-refractivity contribution in [2.45, 2.75) is 58.7 Å². The molecule has 116 valence electrons. The Bertz CT molecular complexity index is 528. The van der Waals surface area contributed by atoms with E-state index in [1.54, 1.807) is 0 Å². The molecular formula is C15H24N4O2. The highest BCUT2D eigenvalue weighted by molar-refractivity contribution is 5.78. The van der Waals surface area contributed by atoms with Crippen LogP contribution in [0.25, 0.3) is 0 Å². The Morgan fingerprint density at radius 3 is 2.81 bits per heavy atom. The number of aromatic nitrogens is 3. The largest absolute Gasteiger partial charge is 0.461 e. The summed E-state index contributed by atoms with van der Waals surface area (Å²) in [4.78, 5) is 18.6. The predicted molar refractivity (Wildman–Crippen MR) is 77.8 cm³/mol. The molecule has 2 saturated heterocycles. The highest BCUT2D eigenvalue weighted by atomic mass is 16.6. The first-order valence-electron chi connectivity index (χ1n) is 7.85. The van der Waals surface area contributed by atoms with Gasteiger partial charge < -0.3 is 4.74 Å². The van der Waals surface area contributed by atoms with Crippen molar-refractivity contribution in [3.05, 3.63) is 11.6 Å². The maximum absolute atomic E-state index is 11.9. The summed E-state index contributed by atoms with van der Waals surface area (Å²) in [5.41, 5.74) is 0. The van der Waals surface area contributed by atoms with E-state index in [9.17, 15) is 4.79 Å². The van der Waals surface area contributed by atoms with E-state index in [0.717, 1.165) is 44.1 Å². The van der Waals surface area contributed by atoms with Gasteiger partial charge in [-0.1, -0.05) is 0 Å². The van der Waals surface area contributed by atoms with Crippen molar-refractivity contribution < 1.29 is 9.53 Å². The van der Waals surface area contributed by atoms with Gasteiger partial charge in [-0.2, -0.15) is 5.10 Å². The zero-order valence-electron chi connectivity index (χ0n) is 13.1. The number of likely N-dealkylation sites (tertiary alicyclic amines) is 1. The van der Waals surface area contributed by atoms with E-state index in [1.165, 1.54) is 6.42 Å². The molecule has 0 amide bonds. The first-order valence-corrected chi connectivity index (χ1v) is 7.85. The zero-order chi connectivity index (χ0) is 15.0. The molecule has 0 saturated carbocycles. The monoisotopic (exact) mass is 292 g/mol. The van der Waals surface area contributed by atoms with Crippen LogP contribution >= 0.6 is 0 Å². The minimum absolute atomic E-state index is 0.0404. The summed E-state index contributed by atoms with van der Waals surface area (Å²) in [6, 6.07) is -0.0404. The summed E-state index contributed by atoms with van der Waals surface area (Å²) in [5, 5.41) is 4.45. The number of ether oxygens (including phenoxy) is 1. The van der Waals surface area contributed by atoms with Crippen LogP contribution in [0.5, 0.6) is 0 Å². The Labute approximate surface area is 125 Å². The lowest BCUT2D eigenvalue weighted by atomic mass is 9.96. The van der Waals surface area contributed by atoms with Crippen molar-refractivity contribution in [2.24, 2.45) is 5.92 Å². The lowest BCUT2D eigenvalue weighted by molar-refractivity contribution is -0.145. The Balaban J connectivity index is 1.63. The molecule has 21 heavy (non-hydrogen) atoms. The normalized spacial score (nSPS) is 30.6. The van der Waals surface area contributed by atoms with Gasteiger partial charge in [0.15, 0.2) is 0 Å². The quantitative estimate of drug-likeness (QED) is 0.786. The van der Waals surface area contributed by atoms with E-state index >= 15 is 0 Å². The molecule has 3 heterocycles. The topological polar surface area (TPSA) is 60.2 Å². The van der Waals surface area contributed by atoms with Gasteiger partial charge in [-0.15, -0.1) is 0 Å². The summed E-state index contributed by atoms with van der Waals surface area (Å²) < 4.78 is 7.29. The molecule has 0 aliphatic carbocycles. The summed E-state index contributed by atoms with van der Waals surface area (Å²) in [6.45, 7) is 8.73. The number of piperidine rings is 1. The van der Waals surface area contributed by atoms with Gasteiger partial charge in [0, 0.05) is 19.5 Å². The Morgan fingerprint density at radius 2 is 2.19 bits per heavy atom. The molecule has 2 aliphatic rings. The molecule has 0 spiro atoms. The van der Waals surface area contributed by atoms with E-state index in [0.29, 0.717) is 5.92 Å². The molecule has 1 aromatic heterocycles. The minimum Gasteiger partial charge on any atom is -0.461 e. The fraction of sp³-hybridized carbons (Fsp3) is 0.800. The number of hydrogen-bond acceptors (Lipinski definition) is 5. The average Bonchev–Trinajstić information content (AvgIpc) is 2.92. The van der Waals surface area contributed by atoms with Crippen molar-refractivity contribution in [2.75, 3.05) is 13.1 Å². The summed E-state index contributed by atoms with van der Waals surface area (Å²) in [7, 11) is 0. The second-order valence-corrected chi connectivity index (χ2v) is 6.39. The first-order chi connectivity index (χ1) is 10.0. The molecule has 0 radical (unpaired) electrons. The van der Waals surface area contributed by atoms with E-state index in [-0.39, 0.29) is 18.1 Å². The van der Waals surface area contributed by atoms with E-state index in [1.807, 2.05) is 25.5 Å². The van der Waals surface area contributed by atoms with Crippen molar-refractivity contribution in [3.63, 3.8) is 0 Å². The average molecular weight is 292 g/mol. The lowest BCUT2D eigenvalue weighted by Gasteiger charge is -2.35. The van der Waals surface area contributed by atoms with Crippen LogP contribution in [0.2, 0.25) is 0 Å². The fourth-order valence-electron chi connectivity index (χ4n) is 3.54. The SMILES string of the molecule is Cc1nc(C)n(C[C@@H]2CCCN([C@H]3C[C@H](C)OC3=O)C2)n1. The number of nitrogens with zero attached hydrogens (tertiary/aromatic N) is 4. The standard InChI is InChI=1S/C15H24N4O2/c1-10-7-14(15(20)21-10)18-6-4-5-13(8-18)9-19-12(3)16-11(2)17-19/h10,13-14H,4-9H2,1-3H3/t10-,13+,14-/m0/s1. The summed E-state index contributed by atoms with van der Waals surface area (Å²) >= 11 is 0. The number of hydrogen-bond donors (Lipinski definition) is 0. The van der Waals surface area contributed by atoms with Gasteiger partial charge in [-0.05, 0) is 46.1 Å². The Kier molecular flexibility index (Phi) is 3.97. The third-order valence-electron chi connectivity index (χ3n) is 4.53. The van der Waals surface area contributed by atoms with Crippen LogP contribution < -0.4 is 0 Å². The van der Waals surface area contributed by atoms with Crippen LogP contribution in [0.4, 0.5) is 0 Å². The highest BCUT2D eigenvalue weighted by Crippen LogP contribution is 2.26. The second kappa shape index (κ2) is 5.75. The molecule has 6 nitrogen and oxygen atoms in total. The molecule has 0 aromatic carbocycles. The fourth-order valence-corrected chi connectivity index (χ4v) is 3.54. The van der Waals surface area contributed by atoms with Crippen molar-refractivity contribution in [1.29, 1.82) is 0 Å². The molecule has 2 fully saturated rings. The number of aryl methyl sites for hydroxylation is 2. The van der Waals surface area contributed by atoms with Gasteiger partial charge in [-0.3, -0.25) is 9.69 Å². The predicted octanol–water partition coefficient (Wildman–Crippen LogP) is 1.31. The van der Waals surface area contributed by atoms with Crippen molar-refractivity contribution in [3.8, 4) is 0 Å². The minimum atomic E-state index is -0.0454. The molecule has 1 aromatic rings. The van der Waals surface area contributed by atoms with Crippen LogP contribution in [0, 0.1) is 19.8 Å². The molecule has 0 unspecified atom stereocenters. The first kappa shape index (κ1) is 14.5. The van der Waals surface area contributed by atoms with Crippen molar-refractivity contribution >= 4 is 5.97 Å². The van der Waals surface area contributed by atoms with E-state index in [4.69, 9.17) is 4.74 Å². The summed E-state index contributed by atoms with van der Waals surface area (Å²) in [6.07, 6.45) is 3.21. The van der Waals surface area contributed by atoms with E-state index < -0.39 is 0 Å². The third-order valence-corrected chi connectivity index (χ3v) is 4.53. The van der Waals surface area contributed by atoms with Gasteiger partial charge in [0.2, 0.25) is 0 Å². The molecule has 2 aliphatic heterocycles. The van der Waals surface area contributed by atoms with Crippen molar-refractivity contribution in [1.82, 2.24) is 19.7 Å². The number of carbonyl (C=O) groups is 1. The Morgan fingerprint density at radius 1 is 1.38 bits per heavy atom. The van der Waals surface area contributed by atoms with Gasteiger partial charge in [0.25, 0.3) is 0 Å². The van der Waals surface area contributed by atoms with Crippen LogP contribution in [-0.4, -0.2) is 50.9 Å². The molecule has 3 rings (SSSR count). The zero-order valence-corrected chi connectivity index (χ0v) is 13.1. The number of rotatable bonds is 3. The maximum atomic E-state index is 11.9. The van der Waals surface area contributed by atoms with Gasteiger partial charge >= 0.3 is 5.97 Å². The van der Waals surface area contributed by atoms with Crippen LogP contribution in [-0.2, 0) is 16.1 Å². The highest BCUT2D eigenvalue weighted by Gasteiger charge is 2.38. The number of esters is 1. The molecule has 0 N–H and O–H groups in total. The third kappa shape index (κ3) is 3.10. The van der Waals surface area contributed by atoms with Crippen LogP contribution in [0.3, 0.4) is 0 Å². The van der Waals surface area contributed by atoms with Gasteiger partial charge in [-0.25, -0.2) is 9.67 Å². The van der Waals surface area contributed by atoms with Crippen LogP contribution in [0.15, 0.2) is 0 Å². The summed E-state index contributed by atoms with van der Waals surface area (Å²) in [5.74, 6) is 2.28. The molecular weight excluding hydrogens is 268 g/mol. The number of carbonyl (C=O) groups excluding carboxylic acids is 1. The van der Waals surface area contributed by atoms with Gasteiger partial charge in [0.05, 0.1) is 0 Å². The van der Waals surface area contributed by atoms with E-state index in [2.05, 4.69) is 15.0 Å². The lowest BCUT2D eigenvalue weighted by Crippen LogP contribution is -2.45. The smallest absolute Gasteiger partial charge is 0.323 e.